The molecule has 7 nitrogen and oxygen atoms in total. The first-order valence-corrected chi connectivity index (χ1v) is 12.6. The van der Waals surface area contributed by atoms with Gasteiger partial charge >= 0.3 is 0 Å². The van der Waals surface area contributed by atoms with Crippen molar-refractivity contribution in [1.29, 1.82) is 0 Å². The lowest BCUT2D eigenvalue weighted by molar-refractivity contribution is -0.132. The molecule has 0 spiro atoms. The maximum Gasteiger partial charge on any atom is 0.243 e. The number of nitrogens with zero attached hydrogens (tertiary/aromatic N) is 4. The molecular formula is C23H34N4O3S. The third-order valence-electron chi connectivity index (χ3n) is 6.10. The van der Waals surface area contributed by atoms with Gasteiger partial charge in [-0.15, -0.1) is 0 Å². The molecule has 0 N–H and O–H groups in total. The maximum atomic E-state index is 12.9. The van der Waals surface area contributed by atoms with E-state index >= 15 is 0 Å². The van der Waals surface area contributed by atoms with Crippen LogP contribution in [0.15, 0.2) is 41.4 Å². The summed E-state index contributed by atoms with van der Waals surface area (Å²) in [4.78, 5) is 15.1. The Labute approximate surface area is 186 Å². The van der Waals surface area contributed by atoms with Crippen LogP contribution in [-0.2, 0) is 27.9 Å². The van der Waals surface area contributed by atoms with E-state index < -0.39 is 10.0 Å². The van der Waals surface area contributed by atoms with Gasteiger partial charge in [-0.3, -0.25) is 9.48 Å². The average molecular weight is 447 g/mol. The lowest BCUT2D eigenvalue weighted by Crippen LogP contribution is -2.40. The minimum absolute atomic E-state index is 0.120. The van der Waals surface area contributed by atoms with Crippen molar-refractivity contribution in [1.82, 2.24) is 19.0 Å². The molecular weight excluding hydrogens is 412 g/mol. The quantitative estimate of drug-likeness (QED) is 0.591. The van der Waals surface area contributed by atoms with Gasteiger partial charge in [-0.05, 0) is 58.1 Å². The molecule has 1 aromatic carbocycles. The van der Waals surface area contributed by atoms with Crippen LogP contribution in [0.1, 0.15) is 50.8 Å². The largest absolute Gasteiger partial charge is 0.339 e. The molecule has 2 heterocycles. The predicted molar refractivity (Wildman–Crippen MR) is 121 cm³/mol. The van der Waals surface area contributed by atoms with E-state index in [1.54, 1.807) is 28.6 Å². The van der Waals surface area contributed by atoms with Gasteiger partial charge in [0.2, 0.25) is 15.9 Å². The van der Waals surface area contributed by atoms with E-state index in [1.165, 1.54) is 0 Å². The second-order valence-electron chi connectivity index (χ2n) is 8.23. The zero-order valence-corrected chi connectivity index (χ0v) is 19.6. The Morgan fingerprint density at radius 2 is 1.97 bits per heavy atom. The number of rotatable bonds is 9. The second-order valence-corrected chi connectivity index (χ2v) is 10.2. The van der Waals surface area contributed by atoms with E-state index in [4.69, 9.17) is 0 Å². The maximum absolute atomic E-state index is 12.9. The van der Waals surface area contributed by atoms with Gasteiger partial charge in [0.05, 0.1) is 10.6 Å². The molecule has 0 aliphatic carbocycles. The normalized spacial score (nSPS) is 17.6. The highest BCUT2D eigenvalue weighted by Crippen LogP contribution is 2.26. The number of hydrogen-bond acceptors (Lipinski definition) is 4. The molecule has 8 heteroatoms. The van der Waals surface area contributed by atoms with Crippen molar-refractivity contribution in [2.45, 2.75) is 64.4 Å². The van der Waals surface area contributed by atoms with E-state index in [9.17, 15) is 13.2 Å². The van der Waals surface area contributed by atoms with Crippen LogP contribution in [0.3, 0.4) is 0 Å². The Morgan fingerprint density at radius 1 is 1.23 bits per heavy atom. The number of benzene rings is 1. The highest BCUT2D eigenvalue weighted by molar-refractivity contribution is 7.89. The smallest absolute Gasteiger partial charge is 0.243 e. The van der Waals surface area contributed by atoms with Crippen molar-refractivity contribution in [2.24, 2.45) is 5.92 Å². The fraction of sp³-hybridized carbons (Fsp3) is 0.565. The summed E-state index contributed by atoms with van der Waals surface area (Å²) in [6.45, 7) is 9.07. The number of sulfonamides is 1. The van der Waals surface area contributed by atoms with E-state index in [1.807, 2.05) is 42.6 Å². The summed E-state index contributed by atoms with van der Waals surface area (Å²) in [5.74, 6) is 0.327. The Morgan fingerprint density at radius 3 is 2.61 bits per heavy atom. The van der Waals surface area contributed by atoms with Crippen LogP contribution < -0.4 is 0 Å². The summed E-state index contributed by atoms with van der Waals surface area (Å²) in [6, 6.07) is 8.60. The first-order chi connectivity index (χ1) is 14.8. The highest BCUT2D eigenvalue weighted by atomic mass is 32.2. The molecule has 1 aromatic heterocycles. The summed E-state index contributed by atoms with van der Waals surface area (Å²) in [5.41, 5.74) is 2.04. The number of carbonyl (C=O) groups is 1. The monoisotopic (exact) mass is 446 g/mol. The van der Waals surface area contributed by atoms with Gasteiger partial charge in [0.15, 0.2) is 0 Å². The number of hydrogen-bond donors (Lipinski definition) is 0. The summed E-state index contributed by atoms with van der Waals surface area (Å²) < 4.78 is 29.3. The van der Waals surface area contributed by atoms with Crippen molar-refractivity contribution in [3.05, 3.63) is 47.8 Å². The van der Waals surface area contributed by atoms with Gasteiger partial charge in [-0.25, -0.2) is 8.42 Å². The summed E-state index contributed by atoms with van der Waals surface area (Å²) >= 11 is 0. The fourth-order valence-electron chi connectivity index (χ4n) is 4.17. The van der Waals surface area contributed by atoms with Crippen LogP contribution in [0.5, 0.6) is 0 Å². The summed E-state index contributed by atoms with van der Waals surface area (Å²) in [7, 11) is -3.47. The van der Waals surface area contributed by atoms with E-state index in [-0.39, 0.29) is 11.8 Å². The van der Waals surface area contributed by atoms with Crippen LogP contribution in [0.2, 0.25) is 0 Å². The van der Waals surface area contributed by atoms with Crippen molar-refractivity contribution in [2.75, 3.05) is 19.6 Å². The third kappa shape index (κ3) is 5.74. The van der Waals surface area contributed by atoms with Crippen molar-refractivity contribution in [3.8, 4) is 0 Å². The SMILES string of the molecule is CCN(Cc1cn(CC)nc1C)C(=O)CCC1CCCN(S(=O)(=O)c2ccccc2)C1. The lowest BCUT2D eigenvalue weighted by Gasteiger charge is -2.32. The van der Waals surface area contributed by atoms with Crippen molar-refractivity contribution in [3.63, 3.8) is 0 Å². The minimum Gasteiger partial charge on any atom is -0.339 e. The predicted octanol–water partition coefficient (Wildman–Crippen LogP) is 3.44. The van der Waals surface area contributed by atoms with Gasteiger partial charge in [0.25, 0.3) is 0 Å². The van der Waals surface area contributed by atoms with Gasteiger partial charge in [-0.1, -0.05) is 18.2 Å². The zero-order chi connectivity index (χ0) is 22.4. The van der Waals surface area contributed by atoms with Gasteiger partial charge < -0.3 is 4.90 Å². The number of carbonyl (C=O) groups excluding carboxylic acids is 1. The molecule has 0 saturated carbocycles. The van der Waals surface area contributed by atoms with E-state index in [2.05, 4.69) is 5.10 Å². The molecule has 1 saturated heterocycles. The van der Waals surface area contributed by atoms with Gasteiger partial charge in [-0.2, -0.15) is 9.40 Å². The Bertz CT molecular complexity index is 972. The molecule has 1 fully saturated rings. The Kier molecular flexibility index (Phi) is 7.89. The Balaban J connectivity index is 1.57. The lowest BCUT2D eigenvalue weighted by atomic mass is 9.94. The molecule has 170 valence electrons. The van der Waals surface area contributed by atoms with Crippen LogP contribution in [0, 0.1) is 12.8 Å². The minimum atomic E-state index is -3.47. The summed E-state index contributed by atoms with van der Waals surface area (Å²) in [6.07, 6.45) is 4.96. The summed E-state index contributed by atoms with van der Waals surface area (Å²) in [5, 5.41) is 4.47. The van der Waals surface area contributed by atoms with Crippen LogP contribution in [0.25, 0.3) is 0 Å². The molecule has 1 atom stereocenters. The average Bonchev–Trinajstić information content (AvgIpc) is 3.16. The first kappa shape index (κ1) is 23.5. The second kappa shape index (κ2) is 10.4. The zero-order valence-electron chi connectivity index (χ0n) is 18.8. The molecule has 0 radical (unpaired) electrons. The number of piperidine rings is 1. The van der Waals surface area contributed by atoms with Gasteiger partial charge in [0.1, 0.15) is 0 Å². The molecule has 1 unspecified atom stereocenters. The molecule has 0 bridgehead atoms. The fourth-order valence-corrected chi connectivity index (χ4v) is 5.74. The molecule has 1 aliphatic heterocycles. The molecule has 1 amide bonds. The topological polar surface area (TPSA) is 75.5 Å². The highest BCUT2D eigenvalue weighted by Gasteiger charge is 2.30. The first-order valence-electron chi connectivity index (χ1n) is 11.2. The van der Waals surface area contributed by atoms with Crippen LogP contribution in [-0.4, -0.2) is 52.9 Å². The molecule has 1 aliphatic rings. The Hall–Kier alpha value is -2.19. The van der Waals surface area contributed by atoms with Crippen LogP contribution in [0.4, 0.5) is 0 Å². The number of amides is 1. The number of aromatic nitrogens is 2. The molecule has 3 rings (SSSR count). The van der Waals surface area contributed by atoms with Crippen molar-refractivity contribution < 1.29 is 13.2 Å². The van der Waals surface area contributed by atoms with Crippen LogP contribution >= 0.6 is 0 Å². The molecule has 2 aromatic rings. The van der Waals surface area contributed by atoms with Crippen molar-refractivity contribution >= 4 is 15.9 Å². The van der Waals surface area contributed by atoms with Gasteiger partial charge in [0, 0.05) is 50.9 Å². The van der Waals surface area contributed by atoms with E-state index in [0.717, 1.165) is 30.6 Å². The third-order valence-corrected chi connectivity index (χ3v) is 7.98. The standard InChI is InChI=1S/C23H34N4O3S/c1-4-25(17-21-18-26(5-2)24-19(21)3)23(28)14-13-20-10-9-15-27(16-20)31(29,30)22-11-7-6-8-12-22/h6-8,11-12,18,20H,4-5,9-10,13-17H2,1-3H3. The number of aryl methyl sites for hydroxylation is 2. The molecule has 31 heavy (non-hydrogen) atoms. The van der Waals surface area contributed by atoms with E-state index in [0.29, 0.717) is 43.9 Å².